The van der Waals surface area contributed by atoms with Gasteiger partial charge < -0.3 is 4.43 Å². The van der Waals surface area contributed by atoms with Crippen molar-refractivity contribution >= 4 is 18.7 Å². The molecule has 0 heterocycles. The van der Waals surface area contributed by atoms with Crippen LogP contribution < -0.4 is 10.4 Å². The van der Waals surface area contributed by atoms with Gasteiger partial charge in [0.1, 0.15) is 0 Å². The number of allylic oxidation sites excluding steroid dienone is 1. The minimum absolute atomic E-state index is 0.0499. The van der Waals surface area contributed by atoms with Crippen molar-refractivity contribution in [3.05, 3.63) is 72.8 Å². The van der Waals surface area contributed by atoms with Gasteiger partial charge in [-0.05, 0) is 21.8 Å². The van der Waals surface area contributed by atoms with Crippen LogP contribution in [0.2, 0.25) is 5.04 Å². The second-order valence-electron chi connectivity index (χ2n) is 7.23. The smallest absolute Gasteiger partial charge is 0.261 e. The monoisotopic (exact) mass is 338 g/mol. The third-order valence-corrected chi connectivity index (χ3v) is 9.44. The van der Waals surface area contributed by atoms with E-state index in [2.05, 4.69) is 101 Å². The molecule has 128 valence electrons. The van der Waals surface area contributed by atoms with Crippen molar-refractivity contribution in [1.82, 2.24) is 0 Å². The fraction of sp³-hybridized carbons (Fsp3) is 0.364. The summed E-state index contributed by atoms with van der Waals surface area (Å²) in [7, 11) is -2.36. The summed E-state index contributed by atoms with van der Waals surface area (Å²) in [6, 6.07) is 21.6. The molecular weight excluding hydrogens is 308 g/mol. The highest BCUT2D eigenvalue weighted by molar-refractivity contribution is 6.99. The van der Waals surface area contributed by atoms with E-state index in [0.717, 1.165) is 6.42 Å². The van der Waals surface area contributed by atoms with Crippen molar-refractivity contribution in [1.29, 1.82) is 0 Å². The summed E-state index contributed by atoms with van der Waals surface area (Å²) in [4.78, 5) is 0. The Bertz CT molecular complexity index is 587. The Morgan fingerprint density at radius 1 is 0.833 bits per heavy atom. The van der Waals surface area contributed by atoms with E-state index in [9.17, 15) is 0 Å². The molecule has 0 atom stereocenters. The van der Waals surface area contributed by atoms with Gasteiger partial charge in [-0.2, -0.15) is 0 Å². The molecule has 0 fully saturated rings. The van der Waals surface area contributed by atoms with Crippen molar-refractivity contribution in [2.24, 2.45) is 0 Å². The molecule has 0 N–H and O–H groups in total. The molecule has 0 radical (unpaired) electrons. The maximum absolute atomic E-state index is 6.76. The maximum atomic E-state index is 6.76. The number of benzene rings is 2. The van der Waals surface area contributed by atoms with E-state index in [4.69, 9.17) is 4.43 Å². The van der Waals surface area contributed by atoms with Crippen molar-refractivity contribution in [2.45, 2.75) is 45.6 Å². The molecule has 0 spiro atoms. The van der Waals surface area contributed by atoms with Crippen molar-refractivity contribution in [2.75, 3.05) is 6.61 Å². The van der Waals surface area contributed by atoms with Gasteiger partial charge in [-0.1, -0.05) is 107 Å². The van der Waals surface area contributed by atoms with Crippen molar-refractivity contribution < 1.29 is 4.43 Å². The van der Waals surface area contributed by atoms with Crippen LogP contribution >= 0.6 is 0 Å². The van der Waals surface area contributed by atoms with E-state index in [0.29, 0.717) is 6.61 Å². The second kappa shape index (κ2) is 8.45. The van der Waals surface area contributed by atoms with Crippen LogP contribution in [0.15, 0.2) is 72.8 Å². The predicted octanol–water partition coefficient (Wildman–Crippen LogP) is 4.92. The topological polar surface area (TPSA) is 9.23 Å². The Balaban J connectivity index is 2.49. The van der Waals surface area contributed by atoms with Crippen LogP contribution in [0.1, 0.15) is 40.5 Å². The highest BCUT2D eigenvalue weighted by Crippen LogP contribution is 2.36. The molecule has 2 aromatic carbocycles. The maximum Gasteiger partial charge on any atom is 0.261 e. The Labute approximate surface area is 148 Å². The minimum atomic E-state index is -2.36. The number of unbranched alkanes of at least 4 members (excludes halogenated alkanes) is 1. The quantitative estimate of drug-likeness (QED) is 0.514. The van der Waals surface area contributed by atoms with Gasteiger partial charge in [0.05, 0.1) is 6.61 Å². The lowest BCUT2D eigenvalue weighted by atomic mass is 10.2. The van der Waals surface area contributed by atoms with Crippen LogP contribution in [0.5, 0.6) is 0 Å². The highest BCUT2D eigenvalue weighted by atomic mass is 28.4. The van der Waals surface area contributed by atoms with Crippen LogP contribution in [-0.4, -0.2) is 14.9 Å². The molecule has 0 aromatic heterocycles. The minimum Gasteiger partial charge on any atom is -0.404 e. The first kappa shape index (κ1) is 18.7. The molecule has 2 aromatic rings. The zero-order valence-electron chi connectivity index (χ0n) is 15.5. The number of hydrogen-bond donors (Lipinski definition) is 0. The van der Waals surface area contributed by atoms with Crippen molar-refractivity contribution in [3.63, 3.8) is 0 Å². The Morgan fingerprint density at radius 2 is 1.33 bits per heavy atom. The molecule has 2 rings (SSSR count). The zero-order valence-corrected chi connectivity index (χ0v) is 16.5. The Hall–Kier alpha value is -1.64. The molecule has 0 unspecified atom stereocenters. The number of hydrogen-bond acceptors (Lipinski definition) is 1. The van der Waals surface area contributed by atoms with E-state index in [1.807, 2.05) is 0 Å². The molecular formula is C22H30OSi. The molecule has 24 heavy (non-hydrogen) atoms. The van der Waals surface area contributed by atoms with Crippen molar-refractivity contribution in [3.8, 4) is 0 Å². The highest BCUT2D eigenvalue weighted by Gasteiger charge is 2.49. The first-order chi connectivity index (χ1) is 11.5. The lowest BCUT2D eigenvalue weighted by molar-refractivity contribution is 0.339. The largest absolute Gasteiger partial charge is 0.404 e. The molecule has 0 amide bonds. The van der Waals surface area contributed by atoms with E-state index in [-0.39, 0.29) is 5.04 Å². The van der Waals surface area contributed by atoms with Crippen LogP contribution in [0.25, 0.3) is 0 Å². The summed E-state index contributed by atoms with van der Waals surface area (Å²) in [6.45, 7) is 9.82. The molecule has 0 bridgehead atoms. The van der Waals surface area contributed by atoms with E-state index < -0.39 is 8.32 Å². The van der Waals surface area contributed by atoms with Crippen LogP contribution in [0.3, 0.4) is 0 Å². The summed E-state index contributed by atoms with van der Waals surface area (Å²) in [5.74, 6) is 0. The van der Waals surface area contributed by atoms with E-state index in [1.54, 1.807) is 0 Å². The molecule has 0 aliphatic heterocycles. The Kier molecular flexibility index (Phi) is 6.58. The average molecular weight is 339 g/mol. The van der Waals surface area contributed by atoms with Gasteiger partial charge in [0.25, 0.3) is 8.32 Å². The second-order valence-corrected chi connectivity index (χ2v) is 11.5. The van der Waals surface area contributed by atoms with Crippen LogP contribution in [-0.2, 0) is 4.43 Å². The van der Waals surface area contributed by atoms with Gasteiger partial charge in [0, 0.05) is 0 Å². The standard InChI is InChI=1S/C22H30OSi/c1-5-6-7-14-19-23-24(22(2,3)4,20-15-10-8-11-16-20)21-17-12-9-13-18-21/h7-18H,5-6,19H2,1-4H3/b14-7-. The molecule has 0 aliphatic rings. The van der Waals surface area contributed by atoms with Crippen LogP contribution in [0.4, 0.5) is 0 Å². The first-order valence-electron chi connectivity index (χ1n) is 8.92. The zero-order chi connectivity index (χ0) is 17.5. The van der Waals surface area contributed by atoms with Crippen LogP contribution in [0, 0.1) is 0 Å². The van der Waals surface area contributed by atoms with Gasteiger partial charge in [-0.3, -0.25) is 0 Å². The van der Waals surface area contributed by atoms with Gasteiger partial charge in [-0.15, -0.1) is 0 Å². The van der Waals surface area contributed by atoms with Gasteiger partial charge in [-0.25, -0.2) is 0 Å². The Morgan fingerprint density at radius 3 is 1.75 bits per heavy atom. The third-order valence-electron chi connectivity index (χ3n) is 4.43. The molecule has 1 nitrogen and oxygen atoms in total. The third kappa shape index (κ3) is 4.06. The fourth-order valence-electron chi connectivity index (χ4n) is 3.29. The van der Waals surface area contributed by atoms with Gasteiger partial charge in [0.15, 0.2) is 0 Å². The first-order valence-corrected chi connectivity index (χ1v) is 10.8. The normalized spacial score (nSPS) is 12.7. The summed E-state index contributed by atoms with van der Waals surface area (Å²) >= 11 is 0. The lowest BCUT2D eigenvalue weighted by Crippen LogP contribution is -2.66. The average Bonchev–Trinajstić information content (AvgIpc) is 2.59. The molecule has 0 saturated carbocycles. The predicted molar refractivity (Wildman–Crippen MR) is 108 cm³/mol. The number of rotatable bonds is 7. The molecule has 2 heteroatoms. The van der Waals surface area contributed by atoms with Gasteiger partial charge in [0.2, 0.25) is 0 Å². The fourth-order valence-corrected chi connectivity index (χ4v) is 7.79. The SMILES string of the molecule is CCC/C=C\CO[Si](c1ccccc1)(c1ccccc1)C(C)(C)C. The lowest BCUT2D eigenvalue weighted by Gasteiger charge is -2.42. The summed E-state index contributed by atoms with van der Waals surface area (Å²) < 4.78 is 6.76. The summed E-state index contributed by atoms with van der Waals surface area (Å²) in [6.07, 6.45) is 6.71. The molecule has 0 aliphatic carbocycles. The summed E-state index contributed by atoms with van der Waals surface area (Å²) in [5, 5.41) is 2.73. The van der Waals surface area contributed by atoms with Gasteiger partial charge >= 0.3 is 0 Å². The summed E-state index contributed by atoms with van der Waals surface area (Å²) in [5.41, 5.74) is 0. The molecule has 0 saturated heterocycles. The van der Waals surface area contributed by atoms with E-state index >= 15 is 0 Å². The van der Waals surface area contributed by atoms with E-state index in [1.165, 1.54) is 16.8 Å².